The maximum Gasteiger partial charge on any atom is 0.243 e. The molecule has 0 bridgehead atoms. The van der Waals surface area contributed by atoms with Gasteiger partial charge in [-0.1, -0.05) is 41.1 Å². The molecule has 4 aromatic rings. The second kappa shape index (κ2) is 7.88. The first kappa shape index (κ1) is 19.9. The van der Waals surface area contributed by atoms with Crippen molar-refractivity contribution in [3.63, 3.8) is 0 Å². The van der Waals surface area contributed by atoms with Gasteiger partial charge in [-0.15, -0.1) is 5.10 Å². The Morgan fingerprint density at radius 1 is 1.00 bits per heavy atom. The molecule has 31 heavy (non-hydrogen) atoms. The van der Waals surface area contributed by atoms with E-state index in [-0.39, 0.29) is 10.9 Å². The average molecular weight is 456 g/mol. The molecule has 1 aliphatic heterocycles. The molecule has 0 N–H and O–H groups in total. The van der Waals surface area contributed by atoms with Gasteiger partial charge in [0, 0.05) is 18.1 Å². The van der Waals surface area contributed by atoms with Crippen molar-refractivity contribution in [3.8, 4) is 11.1 Å². The van der Waals surface area contributed by atoms with Crippen LogP contribution in [0.15, 0.2) is 72.0 Å². The third kappa shape index (κ3) is 3.97. The Morgan fingerprint density at radius 3 is 2.45 bits per heavy atom. The van der Waals surface area contributed by atoms with Crippen LogP contribution in [0, 0.1) is 0 Å². The quantitative estimate of drug-likeness (QED) is 0.443. The number of benzene rings is 2. The molecule has 1 fully saturated rings. The van der Waals surface area contributed by atoms with Crippen LogP contribution in [0.25, 0.3) is 11.1 Å². The fourth-order valence-corrected chi connectivity index (χ4v) is 5.16. The molecule has 0 atom stereocenters. The SMILES string of the molecule is O=S(=O)(c1ccc(-c2cccc(Cl)c2)cc1)N1CC(n2cc(Cn3nccn3)nn2)C1. The van der Waals surface area contributed by atoms with Crippen molar-refractivity contribution < 1.29 is 8.42 Å². The second-order valence-electron chi connectivity index (χ2n) is 7.26. The highest BCUT2D eigenvalue weighted by atomic mass is 35.5. The molecule has 0 spiro atoms. The van der Waals surface area contributed by atoms with Crippen LogP contribution in [0.1, 0.15) is 11.7 Å². The first-order chi connectivity index (χ1) is 15.0. The topological polar surface area (TPSA) is 98.8 Å². The van der Waals surface area contributed by atoms with E-state index in [9.17, 15) is 8.42 Å². The lowest BCUT2D eigenvalue weighted by Gasteiger charge is -2.37. The van der Waals surface area contributed by atoms with Gasteiger partial charge in [-0.25, -0.2) is 13.1 Å². The Balaban J connectivity index is 1.25. The van der Waals surface area contributed by atoms with Crippen molar-refractivity contribution in [2.45, 2.75) is 17.5 Å². The number of hydrogen-bond donors (Lipinski definition) is 0. The Kier molecular flexibility index (Phi) is 5.05. The first-order valence-corrected chi connectivity index (χ1v) is 11.4. The molecule has 0 saturated carbocycles. The molecule has 5 rings (SSSR count). The van der Waals surface area contributed by atoms with Crippen LogP contribution in [0.4, 0.5) is 0 Å². The molecule has 0 aliphatic carbocycles. The van der Waals surface area contributed by atoms with Gasteiger partial charge in [0.25, 0.3) is 0 Å². The zero-order valence-corrected chi connectivity index (χ0v) is 17.9. The van der Waals surface area contributed by atoms with Gasteiger partial charge in [-0.05, 0) is 35.4 Å². The fraction of sp³-hybridized carbons (Fsp3) is 0.200. The minimum Gasteiger partial charge on any atom is -0.246 e. The van der Waals surface area contributed by atoms with Crippen molar-refractivity contribution in [1.29, 1.82) is 0 Å². The highest BCUT2D eigenvalue weighted by Gasteiger charge is 2.38. The molecule has 0 radical (unpaired) electrons. The zero-order valence-electron chi connectivity index (χ0n) is 16.3. The van der Waals surface area contributed by atoms with Crippen LogP contribution in [0.3, 0.4) is 0 Å². The number of sulfonamides is 1. The number of aromatic nitrogens is 6. The summed E-state index contributed by atoms with van der Waals surface area (Å²) in [5, 5.41) is 17.0. The molecular weight excluding hydrogens is 438 g/mol. The van der Waals surface area contributed by atoms with Crippen LogP contribution < -0.4 is 0 Å². The van der Waals surface area contributed by atoms with Crippen LogP contribution in [-0.4, -0.2) is 55.8 Å². The van der Waals surface area contributed by atoms with E-state index in [1.165, 1.54) is 9.10 Å². The second-order valence-corrected chi connectivity index (χ2v) is 9.63. The molecule has 11 heteroatoms. The van der Waals surface area contributed by atoms with Gasteiger partial charge in [-0.2, -0.15) is 19.3 Å². The van der Waals surface area contributed by atoms with Crippen LogP contribution in [0.5, 0.6) is 0 Å². The third-order valence-electron chi connectivity index (χ3n) is 5.18. The molecule has 9 nitrogen and oxygen atoms in total. The predicted octanol–water partition coefficient (Wildman–Crippen LogP) is 2.48. The standard InChI is InChI=1S/C20H18ClN7O2S/c21-17-3-1-2-16(10-17)15-4-6-20(7-5-15)31(29,30)26-13-19(14-26)27-11-18(24-25-27)12-28-22-8-9-23-28/h1-11,19H,12-14H2. The number of rotatable bonds is 6. The largest absolute Gasteiger partial charge is 0.246 e. The lowest BCUT2D eigenvalue weighted by atomic mass is 10.1. The van der Waals surface area contributed by atoms with E-state index >= 15 is 0 Å². The summed E-state index contributed by atoms with van der Waals surface area (Å²) in [6, 6.07) is 14.2. The van der Waals surface area contributed by atoms with Gasteiger partial charge in [0.1, 0.15) is 12.2 Å². The summed E-state index contributed by atoms with van der Waals surface area (Å²) >= 11 is 6.05. The fourth-order valence-electron chi connectivity index (χ4n) is 3.45. The molecule has 0 unspecified atom stereocenters. The van der Waals surface area contributed by atoms with E-state index in [0.29, 0.717) is 30.4 Å². The molecule has 1 aliphatic rings. The van der Waals surface area contributed by atoms with Crippen molar-refractivity contribution >= 4 is 21.6 Å². The summed E-state index contributed by atoms with van der Waals surface area (Å²) in [6.45, 7) is 1.11. The average Bonchev–Trinajstić information content (AvgIpc) is 3.40. The lowest BCUT2D eigenvalue weighted by molar-refractivity contribution is 0.189. The summed E-state index contributed by atoms with van der Waals surface area (Å²) < 4.78 is 29.0. The van der Waals surface area contributed by atoms with Gasteiger partial charge in [0.2, 0.25) is 10.0 Å². The monoisotopic (exact) mass is 455 g/mol. The van der Waals surface area contributed by atoms with Gasteiger partial charge < -0.3 is 0 Å². The normalized spacial score (nSPS) is 15.1. The van der Waals surface area contributed by atoms with E-state index in [1.807, 2.05) is 18.2 Å². The Morgan fingerprint density at radius 2 is 1.74 bits per heavy atom. The van der Waals surface area contributed by atoms with Crippen LogP contribution >= 0.6 is 11.6 Å². The summed E-state index contributed by atoms with van der Waals surface area (Å²) in [6.07, 6.45) is 5.00. The molecule has 3 heterocycles. The molecule has 158 valence electrons. The minimum atomic E-state index is -3.56. The van der Waals surface area contributed by atoms with Crippen molar-refractivity contribution in [2.24, 2.45) is 0 Å². The van der Waals surface area contributed by atoms with Crippen molar-refractivity contribution in [3.05, 3.63) is 77.8 Å². The number of nitrogens with zero attached hydrogens (tertiary/aromatic N) is 7. The zero-order chi connectivity index (χ0) is 21.4. The van der Waals surface area contributed by atoms with E-state index < -0.39 is 10.0 Å². The summed E-state index contributed by atoms with van der Waals surface area (Å²) in [7, 11) is -3.56. The summed E-state index contributed by atoms with van der Waals surface area (Å²) in [5.41, 5.74) is 2.56. The number of hydrogen-bond acceptors (Lipinski definition) is 6. The predicted molar refractivity (Wildman–Crippen MR) is 114 cm³/mol. The first-order valence-electron chi connectivity index (χ1n) is 9.60. The van der Waals surface area contributed by atoms with E-state index in [2.05, 4.69) is 20.5 Å². The van der Waals surface area contributed by atoms with Gasteiger partial charge in [-0.3, -0.25) is 0 Å². The summed E-state index contributed by atoms with van der Waals surface area (Å²) in [5.74, 6) is 0. The third-order valence-corrected chi connectivity index (χ3v) is 7.26. The Labute approximate surface area is 183 Å². The van der Waals surface area contributed by atoms with Gasteiger partial charge in [0.15, 0.2) is 0 Å². The Hall–Kier alpha value is -3.08. The highest BCUT2D eigenvalue weighted by molar-refractivity contribution is 7.89. The van der Waals surface area contributed by atoms with E-state index in [0.717, 1.165) is 11.1 Å². The maximum atomic E-state index is 12.9. The molecule has 0 amide bonds. The van der Waals surface area contributed by atoms with Crippen molar-refractivity contribution in [1.82, 2.24) is 34.3 Å². The van der Waals surface area contributed by atoms with E-state index in [1.54, 1.807) is 53.6 Å². The maximum absolute atomic E-state index is 12.9. The highest BCUT2D eigenvalue weighted by Crippen LogP contribution is 2.30. The van der Waals surface area contributed by atoms with Crippen molar-refractivity contribution in [2.75, 3.05) is 13.1 Å². The smallest absolute Gasteiger partial charge is 0.243 e. The van der Waals surface area contributed by atoms with Gasteiger partial charge in [0.05, 0.1) is 29.5 Å². The molecular formula is C20H18ClN7O2S. The van der Waals surface area contributed by atoms with Crippen LogP contribution in [-0.2, 0) is 16.6 Å². The Bertz CT molecular complexity index is 1300. The molecule has 2 aromatic carbocycles. The summed E-state index contributed by atoms with van der Waals surface area (Å²) in [4.78, 5) is 1.78. The number of halogens is 1. The van der Waals surface area contributed by atoms with E-state index in [4.69, 9.17) is 11.6 Å². The minimum absolute atomic E-state index is 0.0488. The molecule has 2 aromatic heterocycles. The lowest BCUT2D eigenvalue weighted by Crippen LogP contribution is -2.50. The molecule has 1 saturated heterocycles. The van der Waals surface area contributed by atoms with Crippen LogP contribution in [0.2, 0.25) is 5.02 Å². The van der Waals surface area contributed by atoms with Gasteiger partial charge >= 0.3 is 0 Å².